The van der Waals surface area contributed by atoms with Crippen LogP contribution in [0.5, 0.6) is 0 Å². The fourth-order valence-electron chi connectivity index (χ4n) is 0.646. The SMILES string of the molecule is COC(=O)C(=N)C(=O)C(C)N(C)C. The summed E-state index contributed by atoms with van der Waals surface area (Å²) in [5, 5.41) is 7.17. The van der Waals surface area contributed by atoms with Gasteiger partial charge in [-0.15, -0.1) is 0 Å². The van der Waals surface area contributed by atoms with Gasteiger partial charge in [0.25, 0.3) is 0 Å². The van der Waals surface area contributed by atoms with Crippen LogP contribution in [0.15, 0.2) is 0 Å². The van der Waals surface area contributed by atoms with Gasteiger partial charge >= 0.3 is 5.97 Å². The number of carbonyl (C=O) groups is 2. The second-order valence-electron chi connectivity index (χ2n) is 2.87. The number of hydrogen-bond acceptors (Lipinski definition) is 5. The van der Waals surface area contributed by atoms with Crippen LogP contribution in [0.2, 0.25) is 0 Å². The van der Waals surface area contributed by atoms with E-state index >= 15 is 0 Å². The first kappa shape index (κ1) is 11.8. The summed E-state index contributed by atoms with van der Waals surface area (Å²) in [6.07, 6.45) is 0. The van der Waals surface area contributed by atoms with Crippen LogP contribution >= 0.6 is 0 Å². The molecule has 1 atom stereocenters. The number of rotatable bonds is 4. The molecule has 5 nitrogen and oxygen atoms in total. The summed E-state index contributed by atoms with van der Waals surface area (Å²) in [5.74, 6) is -1.42. The van der Waals surface area contributed by atoms with Crippen LogP contribution in [0.3, 0.4) is 0 Å². The predicted molar refractivity (Wildman–Crippen MR) is 47.9 cm³/mol. The normalized spacial score (nSPS) is 12.4. The van der Waals surface area contributed by atoms with Gasteiger partial charge in [0.05, 0.1) is 13.2 Å². The number of ketones is 1. The third kappa shape index (κ3) is 2.95. The minimum Gasteiger partial charge on any atom is -0.464 e. The molecule has 0 bridgehead atoms. The summed E-state index contributed by atoms with van der Waals surface area (Å²) < 4.78 is 4.26. The summed E-state index contributed by atoms with van der Waals surface area (Å²) in [6.45, 7) is 1.62. The molecule has 5 heteroatoms. The van der Waals surface area contributed by atoms with Crippen molar-refractivity contribution in [3.05, 3.63) is 0 Å². The van der Waals surface area contributed by atoms with Gasteiger partial charge in [-0.1, -0.05) is 0 Å². The van der Waals surface area contributed by atoms with Gasteiger partial charge in [0, 0.05) is 0 Å². The average Bonchev–Trinajstić information content (AvgIpc) is 2.12. The van der Waals surface area contributed by atoms with Crippen molar-refractivity contribution >= 4 is 17.5 Å². The molecular formula is C8H14N2O3. The Hall–Kier alpha value is -1.23. The second-order valence-corrected chi connectivity index (χ2v) is 2.87. The summed E-state index contributed by atoms with van der Waals surface area (Å²) in [4.78, 5) is 23.7. The Kier molecular flexibility index (Phi) is 4.27. The quantitative estimate of drug-likeness (QED) is 0.371. The molecule has 0 aromatic carbocycles. The summed E-state index contributed by atoms with van der Waals surface area (Å²) in [6, 6.07) is -0.480. The van der Waals surface area contributed by atoms with Gasteiger partial charge in [0.2, 0.25) is 5.78 Å². The maximum atomic E-state index is 11.3. The van der Waals surface area contributed by atoms with Crippen molar-refractivity contribution in [2.45, 2.75) is 13.0 Å². The minimum absolute atomic E-state index is 0.480. The Balaban J connectivity index is 4.44. The number of methoxy groups -OCH3 is 1. The van der Waals surface area contributed by atoms with Crippen LogP contribution in [0.1, 0.15) is 6.92 Å². The van der Waals surface area contributed by atoms with Crippen LogP contribution in [0.4, 0.5) is 0 Å². The van der Waals surface area contributed by atoms with Crippen LogP contribution in [-0.2, 0) is 14.3 Å². The molecule has 0 heterocycles. The van der Waals surface area contributed by atoms with Crippen molar-refractivity contribution in [1.82, 2.24) is 4.90 Å². The molecule has 0 saturated heterocycles. The number of nitrogens with zero attached hydrogens (tertiary/aromatic N) is 1. The molecule has 0 rings (SSSR count). The van der Waals surface area contributed by atoms with E-state index in [1.807, 2.05) is 0 Å². The van der Waals surface area contributed by atoms with Gasteiger partial charge in [-0.3, -0.25) is 15.1 Å². The number of ether oxygens (including phenoxy) is 1. The van der Waals surface area contributed by atoms with Gasteiger partial charge in [-0.2, -0.15) is 0 Å². The number of carbonyl (C=O) groups excluding carboxylic acids is 2. The molecule has 0 aliphatic rings. The fraction of sp³-hybridized carbons (Fsp3) is 0.625. The zero-order valence-corrected chi connectivity index (χ0v) is 8.25. The average molecular weight is 186 g/mol. The molecule has 0 fully saturated rings. The summed E-state index contributed by atoms with van der Waals surface area (Å²) in [5.41, 5.74) is -0.608. The zero-order valence-electron chi connectivity index (χ0n) is 8.25. The lowest BCUT2D eigenvalue weighted by Crippen LogP contribution is -2.40. The van der Waals surface area contributed by atoms with Crippen LogP contribution in [0, 0.1) is 5.41 Å². The molecule has 0 aromatic rings. The zero-order chi connectivity index (χ0) is 10.6. The highest BCUT2D eigenvalue weighted by atomic mass is 16.5. The van der Waals surface area contributed by atoms with Crippen LogP contribution in [0.25, 0.3) is 0 Å². The molecule has 13 heavy (non-hydrogen) atoms. The van der Waals surface area contributed by atoms with E-state index in [4.69, 9.17) is 5.41 Å². The van der Waals surface area contributed by atoms with Gasteiger partial charge in [0.1, 0.15) is 0 Å². The van der Waals surface area contributed by atoms with Crippen molar-refractivity contribution in [3.8, 4) is 0 Å². The highest BCUT2D eigenvalue weighted by Gasteiger charge is 2.25. The van der Waals surface area contributed by atoms with E-state index < -0.39 is 23.5 Å². The van der Waals surface area contributed by atoms with Crippen molar-refractivity contribution in [3.63, 3.8) is 0 Å². The molecule has 0 spiro atoms. The first-order chi connectivity index (χ1) is 5.91. The van der Waals surface area contributed by atoms with Gasteiger partial charge in [-0.25, -0.2) is 4.79 Å². The van der Waals surface area contributed by atoms with E-state index in [1.165, 1.54) is 0 Å². The topological polar surface area (TPSA) is 70.5 Å². The number of likely N-dealkylation sites (N-methyl/N-ethyl adjacent to an activating group) is 1. The second kappa shape index (κ2) is 4.71. The van der Waals surface area contributed by atoms with Gasteiger partial charge in [-0.05, 0) is 21.0 Å². The molecule has 1 unspecified atom stereocenters. The molecule has 1 N–H and O–H groups in total. The van der Waals surface area contributed by atoms with E-state index in [-0.39, 0.29) is 0 Å². The van der Waals surface area contributed by atoms with E-state index in [1.54, 1.807) is 25.9 Å². The lowest BCUT2D eigenvalue weighted by molar-refractivity contribution is -0.134. The van der Waals surface area contributed by atoms with Crippen molar-refractivity contribution in [2.75, 3.05) is 21.2 Å². The molecule has 0 radical (unpaired) electrons. The molecule has 0 saturated carbocycles. The Morgan fingerprint density at radius 3 is 2.15 bits per heavy atom. The Labute approximate surface area is 77.2 Å². The summed E-state index contributed by atoms with van der Waals surface area (Å²) >= 11 is 0. The highest BCUT2D eigenvalue weighted by molar-refractivity contribution is 6.64. The lowest BCUT2D eigenvalue weighted by Gasteiger charge is -2.17. The number of Topliss-reactive ketones (excluding diaryl/α,β-unsaturated/α-hetero) is 1. The Morgan fingerprint density at radius 2 is 1.85 bits per heavy atom. The molecular weight excluding hydrogens is 172 g/mol. The Morgan fingerprint density at radius 1 is 1.38 bits per heavy atom. The first-order valence-electron chi connectivity index (χ1n) is 3.79. The lowest BCUT2D eigenvalue weighted by atomic mass is 10.1. The third-order valence-electron chi connectivity index (χ3n) is 1.79. The van der Waals surface area contributed by atoms with Crippen molar-refractivity contribution < 1.29 is 14.3 Å². The molecule has 0 aromatic heterocycles. The van der Waals surface area contributed by atoms with Crippen molar-refractivity contribution in [2.24, 2.45) is 0 Å². The number of hydrogen-bond donors (Lipinski definition) is 1. The maximum absolute atomic E-state index is 11.3. The van der Waals surface area contributed by atoms with E-state index in [9.17, 15) is 9.59 Å². The van der Waals surface area contributed by atoms with E-state index in [0.29, 0.717) is 0 Å². The minimum atomic E-state index is -0.890. The van der Waals surface area contributed by atoms with Crippen LogP contribution in [-0.4, -0.2) is 49.6 Å². The fourth-order valence-corrected chi connectivity index (χ4v) is 0.646. The molecule has 74 valence electrons. The van der Waals surface area contributed by atoms with E-state index in [0.717, 1.165) is 7.11 Å². The molecule has 0 amide bonds. The van der Waals surface area contributed by atoms with E-state index in [2.05, 4.69) is 4.74 Å². The molecule has 0 aliphatic heterocycles. The number of nitrogens with one attached hydrogen (secondary N) is 1. The van der Waals surface area contributed by atoms with Crippen LogP contribution < -0.4 is 0 Å². The maximum Gasteiger partial charge on any atom is 0.359 e. The summed E-state index contributed by atoms with van der Waals surface area (Å²) in [7, 11) is 4.55. The number of esters is 1. The largest absolute Gasteiger partial charge is 0.464 e. The van der Waals surface area contributed by atoms with Gasteiger partial charge < -0.3 is 4.74 Å². The van der Waals surface area contributed by atoms with Gasteiger partial charge in [0.15, 0.2) is 5.71 Å². The smallest absolute Gasteiger partial charge is 0.359 e. The Bertz CT molecular complexity index is 236. The molecule has 0 aliphatic carbocycles. The monoisotopic (exact) mass is 186 g/mol. The third-order valence-corrected chi connectivity index (χ3v) is 1.79. The first-order valence-corrected chi connectivity index (χ1v) is 3.79. The highest BCUT2D eigenvalue weighted by Crippen LogP contribution is 1.96. The standard InChI is InChI=1S/C8H14N2O3/c1-5(10(2)3)7(11)6(9)8(12)13-4/h5,9H,1-4H3. The van der Waals surface area contributed by atoms with Crippen molar-refractivity contribution in [1.29, 1.82) is 5.41 Å². The predicted octanol–water partition coefficient (Wildman–Crippen LogP) is -0.302.